The van der Waals surface area contributed by atoms with E-state index < -0.39 is 0 Å². The zero-order valence-corrected chi connectivity index (χ0v) is 10.4. The molecule has 0 spiro atoms. The highest BCUT2D eigenvalue weighted by molar-refractivity contribution is 5.64. The van der Waals surface area contributed by atoms with Crippen LogP contribution >= 0.6 is 0 Å². The van der Waals surface area contributed by atoms with Crippen molar-refractivity contribution >= 4 is 5.65 Å². The highest BCUT2D eigenvalue weighted by Gasteiger charge is 2.05. The Bertz CT molecular complexity index is 783. The summed E-state index contributed by atoms with van der Waals surface area (Å²) in [7, 11) is 1.63. The molecule has 4 nitrogen and oxygen atoms in total. The van der Waals surface area contributed by atoms with Crippen molar-refractivity contribution < 1.29 is 4.74 Å². The minimum atomic E-state index is 0.632. The minimum Gasteiger partial charge on any atom is -0.495 e. The smallest absolute Gasteiger partial charge is 0.137 e. The zero-order valence-electron chi connectivity index (χ0n) is 10.4. The van der Waals surface area contributed by atoms with E-state index in [0.29, 0.717) is 5.56 Å². The van der Waals surface area contributed by atoms with Gasteiger partial charge in [0.15, 0.2) is 0 Å². The van der Waals surface area contributed by atoms with Crippen LogP contribution in [0.25, 0.3) is 16.9 Å². The molecule has 0 amide bonds. The van der Waals surface area contributed by atoms with Crippen molar-refractivity contribution in [2.24, 2.45) is 0 Å². The van der Waals surface area contributed by atoms with Gasteiger partial charge in [-0.1, -0.05) is 12.1 Å². The summed E-state index contributed by atoms with van der Waals surface area (Å²) < 4.78 is 7.09. The number of nitriles is 1. The number of benzene rings is 1. The molecule has 2 heterocycles. The third-order valence-electron chi connectivity index (χ3n) is 2.95. The Hall–Kier alpha value is -2.80. The Morgan fingerprint density at radius 3 is 2.89 bits per heavy atom. The average molecular weight is 249 g/mol. The number of methoxy groups -OCH3 is 1. The van der Waals surface area contributed by atoms with Crippen molar-refractivity contribution in [3.8, 4) is 23.1 Å². The fourth-order valence-corrected chi connectivity index (χ4v) is 1.98. The molecule has 19 heavy (non-hydrogen) atoms. The first kappa shape index (κ1) is 11.3. The zero-order chi connectivity index (χ0) is 13.2. The van der Waals surface area contributed by atoms with Crippen molar-refractivity contribution in [1.29, 1.82) is 5.26 Å². The van der Waals surface area contributed by atoms with E-state index in [2.05, 4.69) is 11.1 Å². The Balaban J connectivity index is 2.12. The topological polar surface area (TPSA) is 50.3 Å². The molecule has 0 saturated carbocycles. The second-order valence-corrected chi connectivity index (χ2v) is 4.15. The lowest BCUT2D eigenvalue weighted by molar-refractivity contribution is 0.412. The van der Waals surface area contributed by atoms with Gasteiger partial charge in [-0.2, -0.15) is 5.26 Å². The second kappa shape index (κ2) is 4.46. The third kappa shape index (κ3) is 2.02. The Kier molecular flexibility index (Phi) is 2.66. The molecule has 4 heteroatoms. The number of fused-ring (bicyclic) bond motifs is 1. The summed E-state index contributed by atoms with van der Waals surface area (Å²) in [6, 6.07) is 13.3. The van der Waals surface area contributed by atoms with Crippen LogP contribution in [0.1, 0.15) is 5.56 Å². The fraction of sp³-hybridized carbons (Fsp3) is 0.0667. The van der Waals surface area contributed by atoms with Crippen LogP contribution in [0, 0.1) is 11.3 Å². The minimum absolute atomic E-state index is 0.632. The van der Waals surface area contributed by atoms with Gasteiger partial charge >= 0.3 is 0 Å². The predicted octanol–water partition coefficient (Wildman–Crippen LogP) is 2.88. The summed E-state index contributed by atoms with van der Waals surface area (Å²) in [5.41, 5.74) is 3.25. The first-order valence-electron chi connectivity index (χ1n) is 5.83. The second-order valence-electron chi connectivity index (χ2n) is 4.15. The van der Waals surface area contributed by atoms with Gasteiger partial charge in [0, 0.05) is 11.8 Å². The van der Waals surface area contributed by atoms with Gasteiger partial charge in [0.2, 0.25) is 0 Å². The lowest BCUT2D eigenvalue weighted by Gasteiger charge is -1.98. The summed E-state index contributed by atoms with van der Waals surface area (Å²) in [5.74, 6) is 0.780. The number of rotatable bonds is 2. The van der Waals surface area contributed by atoms with Gasteiger partial charge in [-0.25, -0.2) is 4.98 Å². The van der Waals surface area contributed by atoms with E-state index in [4.69, 9.17) is 10.00 Å². The molecule has 1 aromatic carbocycles. The summed E-state index contributed by atoms with van der Waals surface area (Å²) in [6.45, 7) is 0. The van der Waals surface area contributed by atoms with E-state index in [1.165, 1.54) is 0 Å². The molecule has 0 aliphatic rings. The van der Waals surface area contributed by atoms with E-state index in [-0.39, 0.29) is 0 Å². The Morgan fingerprint density at radius 1 is 1.21 bits per heavy atom. The van der Waals surface area contributed by atoms with Crippen molar-refractivity contribution in [3.63, 3.8) is 0 Å². The molecule has 0 atom stereocenters. The maximum atomic E-state index is 8.92. The van der Waals surface area contributed by atoms with Gasteiger partial charge in [-0.3, -0.25) is 0 Å². The maximum Gasteiger partial charge on any atom is 0.137 e. The highest BCUT2D eigenvalue weighted by atomic mass is 16.5. The quantitative estimate of drug-likeness (QED) is 0.701. The van der Waals surface area contributed by atoms with Crippen LogP contribution in [0.4, 0.5) is 0 Å². The average Bonchev–Trinajstić information content (AvgIpc) is 2.90. The number of pyridine rings is 1. The number of imidazole rings is 1. The molecule has 0 bridgehead atoms. The molecule has 0 N–H and O–H groups in total. The SMILES string of the molecule is COc1ccc2nc(-c3cccc(C#N)c3)cn2c1. The predicted molar refractivity (Wildman–Crippen MR) is 71.9 cm³/mol. The van der Waals surface area contributed by atoms with Gasteiger partial charge in [0.05, 0.1) is 30.6 Å². The molecule has 0 aliphatic heterocycles. The van der Waals surface area contributed by atoms with Crippen LogP contribution in [0.15, 0.2) is 48.8 Å². The number of aromatic nitrogens is 2. The Labute approximate surface area is 110 Å². The van der Waals surface area contributed by atoms with Crippen LogP contribution < -0.4 is 4.74 Å². The largest absolute Gasteiger partial charge is 0.495 e. The van der Waals surface area contributed by atoms with Gasteiger partial charge in [0.25, 0.3) is 0 Å². The van der Waals surface area contributed by atoms with Crippen molar-refractivity contribution in [2.75, 3.05) is 7.11 Å². The monoisotopic (exact) mass is 249 g/mol. The van der Waals surface area contributed by atoms with E-state index in [9.17, 15) is 0 Å². The van der Waals surface area contributed by atoms with Crippen molar-refractivity contribution in [3.05, 3.63) is 54.4 Å². The molecule has 0 saturated heterocycles. The summed E-state index contributed by atoms with van der Waals surface area (Å²) in [6.07, 6.45) is 3.80. The summed E-state index contributed by atoms with van der Waals surface area (Å²) in [5, 5.41) is 8.92. The molecule has 0 unspecified atom stereocenters. The van der Waals surface area contributed by atoms with Crippen LogP contribution in [0.2, 0.25) is 0 Å². The fourth-order valence-electron chi connectivity index (χ4n) is 1.98. The normalized spacial score (nSPS) is 10.3. The number of hydrogen-bond acceptors (Lipinski definition) is 3. The molecule has 0 aliphatic carbocycles. The molecule has 3 rings (SSSR count). The van der Waals surface area contributed by atoms with Gasteiger partial charge in [0.1, 0.15) is 11.4 Å². The molecular formula is C15H11N3O. The third-order valence-corrected chi connectivity index (χ3v) is 2.95. The standard InChI is InChI=1S/C15H11N3O/c1-19-13-5-6-15-17-14(10-18(15)9-13)12-4-2-3-11(7-12)8-16/h2-7,9-10H,1H3. The molecule has 2 aromatic heterocycles. The van der Waals surface area contributed by atoms with Gasteiger partial charge < -0.3 is 9.14 Å². The molecule has 0 radical (unpaired) electrons. The summed E-state index contributed by atoms with van der Waals surface area (Å²) >= 11 is 0. The molecular weight excluding hydrogens is 238 g/mol. The van der Waals surface area contributed by atoms with Crippen LogP contribution in [-0.4, -0.2) is 16.5 Å². The maximum absolute atomic E-state index is 8.92. The molecule has 92 valence electrons. The van der Waals surface area contributed by atoms with E-state index in [0.717, 1.165) is 22.7 Å². The first-order chi connectivity index (χ1) is 9.30. The van der Waals surface area contributed by atoms with E-state index in [1.807, 2.05) is 47.1 Å². The van der Waals surface area contributed by atoms with E-state index in [1.54, 1.807) is 13.2 Å². The van der Waals surface area contributed by atoms with Crippen LogP contribution in [0.3, 0.4) is 0 Å². The van der Waals surface area contributed by atoms with Crippen LogP contribution in [-0.2, 0) is 0 Å². The number of hydrogen-bond donors (Lipinski definition) is 0. The van der Waals surface area contributed by atoms with Gasteiger partial charge in [-0.05, 0) is 24.3 Å². The molecule has 0 fully saturated rings. The molecule has 3 aromatic rings. The lowest BCUT2D eigenvalue weighted by atomic mass is 10.1. The van der Waals surface area contributed by atoms with Crippen molar-refractivity contribution in [2.45, 2.75) is 0 Å². The van der Waals surface area contributed by atoms with E-state index >= 15 is 0 Å². The van der Waals surface area contributed by atoms with Crippen LogP contribution in [0.5, 0.6) is 5.75 Å². The first-order valence-corrected chi connectivity index (χ1v) is 5.83. The summed E-state index contributed by atoms with van der Waals surface area (Å²) in [4.78, 5) is 4.53. The Morgan fingerprint density at radius 2 is 2.11 bits per heavy atom. The van der Waals surface area contributed by atoms with Gasteiger partial charge in [-0.15, -0.1) is 0 Å². The number of ether oxygens (including phenoxy) is 1. The van der Waals surface area contributed by atoms with Crippen molar-refractivity contribution in [1.82, 2.24) is 9.38 Å². The number of nitrogens with zero attached hydrogens (tertiary/aromatic N) is 3. The lowest BCUT2D eigenvalue weighted by Crippen LogP contribution is -1.86. The highest BCUT2D eigenvalue weighted by Crippen LogP contribution is 2.21.